The predicted octanol–water partition coefficient (Wildman–Crippen LogP) is 2.82. The van der Waals surface area contributed by atoms with E-state index in [1.165, 1.54) is 6.20 Å². The molecule has 4 rings (SSSR count). The van der Waals surface area contributed by atoms with Crippen molar-refractivity contribution in [2.45, 2.75) is 13.0 Å². The molecule has 2 heterocycles. The fourth-order valence-corrected chi connectivity index (χ4v) is 3.31. The van der Waals surface area contributed by atoms with Gasteiger partial charge in [0.15, 0.2) is 0 Å². The van der Waals surface area contributed by atoms with Crippen molar-refractivity contribution in [1.29, 1.82) is 0 Å². The number of methoxy groups -OCH3 is 1. The van der Waals surface area contributed by atoms with Crippen LogP contribution < -0.4 is 15.4 Å². The Hall–Kier alpha value is -3.61. The molecule has 3 N–H and O–H groups in total. The molecule has 0 radical (unpaired) electrons. The third-order valence-corrected chi connectivity index (χ3v) is 4.65. The van der Waals surface area contributed by atoms with Gasteiger partial charge in [0.1, 0.15) is 11.8 Å². The summed E-state index contributed by atoms with van der Waals surface area (Å²) < 4.78 is 5.24. The highest BCUT2D eigenvalue weighted by molar-refractivity contribution is 6.08. The molecular formula is C20H18N4O3. The summed E-state index contributed by atoms with van der Waals surface area (Å²) in [6, 6.07) is 12.2. The van der Waals surface area contributed by atoms with Crippen LogP contribution >= 0.6 is 0 Å². The molecule has 1 aliphatic heterocycles. The molecule has 7 nitrogen and oxygen atoms in total. The summed E-state index contributed by atoms with van der Waals surface area (Å²) in [5.41, 5.74) is 4.15. The minimum atomic E-state index is -0.734. The molecule has 3 aromatic rings. The highest BCUT2D eigenvalue weighted by Crippen LogP contribution is 2.34. The molecule has 0 bridgehead atoms. The van der Waals surface area contributed by atoms with Crippen molar-refractivity contribution in [1.82, 2.24) is 15.5 Å². The molecule has 27 heavy (non-hydrogen) atoms. The normalized spacial score (nSPS) is 15.2. The van der Waals surface area contributed by atoms with Gasteiger partial charge in [-0.2, -0.15) is 5.10 Å². The number of hydrogen-bond donors (Lipinski definition) is 3. The summed E-state index contributed by atoms with van der Waals surface area (Å²) in [5, 5.41) is 12.5. The van der Waals surface area contributed by atoms with Gasteiger partial charge in [-0.25, -0.2) is 0 Å². The number of benzene rings is 2. The average molecular weight is 362 g/mol. The number of carbonyl (C=O) groups is 2. The Balaban J connectivity index is 1.64. The van der Waals surface area contributed by atoms with E-state index in [0.29, 0.717) is 17.0 Å². The smallest absolute Gasteiger partial charge is 0.256 e. The van der Waals surface area contributed by atoms with E-state index in [2.05, 4.69) is 20.8 Å². The van der Waals surface area contributed by atoms with Crippen molar-refractivity contribution in [3.05, 3.63) is 65.4 Å². The number of H-pyrrole nitrogens is 1. The highest BCUT2D eigenvalue weighted by atomic mass is 16.5. The number of nitrogens with zero attached hydrogens (tertiary/aromatic N) is 1. The molecule has 0 spiro atoms. The van der Waals surface area contributed by atoms with Crippen LogP contribution in [-0.2, 0) is 4.79 Å². The van der Waals surface area contributed by atoms with Crippen molar-refractivity contribution in [3.8, 4) is 17.0 Å². The van der Waals surface area contributed by atoms with Gasteiger partial charge in [0.05, 0.1) is 24.6 Å². The Bertz CT molecular complexity index is 1040. The van der Waals surface area contributed by atoms with Gasteiger partial charge in [0, 0.05) is 16.8 Å². The fraction of sp³-hybridized carbons (Fsp3) is 0.150. The van der Waals surface area contributed by atoms with Gasteiger partial charge in [0.25, 0.3) is 11.8 Å². The maximum atomic E-state index is 12.9. The summed E-state index contributed by atoms with van der Waals surface area (Å²) >= 11 is 0. The second kappa shape index (κ2) is 6.60. The number of amides is 2. The number of fused-ring (bicyclic) bond motifs is 1. The molecule has 0 saturated heterocycles. The van der Waals surface area contributed by atoms with Crippen molar-refractivity contribution in [3.63, 3.8) is 0 Å². The van der Waals surface area contributed by atoms with E-state index in [4.69, 9.17) is 4.74 Å². The second-order valence-electron chi connectivity index (χ2n) is 6.32. The first-order valence-electron chi connectivity index (χ1n) is 8.47. The summed E-state index contributed by atoms with van der Waals surface area (Å²) in [7, 11) is 1.58. The number of nitrogens with one attached hydrogen (secondary N) is 3. The zero-order chi connectivity index (χ0) is 19.0. The first-order chi connectivity index (χ1) is 13.1. The lowest BCUT2D eigenvalue weighted by atomic mass is 10.0. The topological polar surface area (TPSA) is 96.1 Å². The van der Waals surface area contributed by atoms with Crippen molar-refractivity contribution < 1.29 is 14.3 Å². The van der Waals surface area contributed by atoms with Gasteiger partial charge in [0.2, 0.25) is 0 Å². The summed E-state index contributed by atoms with van der Waals surface area (Å²) in [6.07, 6.45) is 1.45. The first kappa shape index (κ1) is 16.8. The second-order valence-corrected chi connectivity index (χ2v) is 6.32. The van der Waals surface area contributed by atoms with E-state index in [0.717, 1.165) is 22.4 Å². The molecular weight excluding hydrogens is 344 g/mol. The quantitative estimate of drug-likeness (QED) is 0.665. The van der Waals surface area contributed by atoms with E-state index in [1.807, 2.05) is 49.4 Å². The van der Waals surface area contributed by atoms with Gasteiger partial charge in [-0.15, -0.1) is 0 Å². The molecule has 2 aromatic carbocycles. The van der Waals surface area contributed by atoms with Crippen LogP contribution in [0.3, 0.4) is 0 Å². The summed E-state index contributed by atoms with van der Waals surface area (Å²) in [5.74, 6) is 0.0464. The number of anilines is 1. The van der Waals surface area contributed by atoms with Crippen LogP contribution in [0.2, 0.25) is 0 Å². The first-order valence-corrected chi connectivity index (χ1v) is 8.47. The lowest BCUT2D eigenvalue weighted by Crippen LogP contribution is -2.33. The van der Waals surface area contributed by atoms with Crippen molar-refractivity contribution >= 4 is 17.5 Å². The van der Waals surface area contributed by atoms with E-state index in [1.54, 1.807) is 7.11 Å². The number of aromatic nitrogens is 2. The van der Waals surface area contributed by atoms with E-state index in [9.17, 15) is 9.59 Å². The van der Waals surface area contributed by atoms with Crippen LogP contribution in [-0.4, -0.2) is 29.1 Å². The number of aryl methyl sites for hydroxylation is 1. The Kier molecular flexibility index (Phi) is 4.12. The number of aromatic amines is 1. The Morgan fingerprint density at radius 2 is 2.04 bits per heavy atom. The zero-order valence-electron chi connectivity index (χ0n) is 14.9. The highest BCUT2D eigenvalue weighted by Gasteiger charge is 2.33. The molecule has 0 aliphatic carbocycles. The molecule has 1 unspecified atom stereocenters. The molecule has 7 heteroatoms. The van der Waals surface area contributed by atoms with E-state index >= 15 is 0 Å². The third-order valence-electron chi connectivity index (χ3n) is 4.65. The van der Waals surface area contributed by atoms with Crippen LogP contribution in [0, 0.1) is 6.92 Å². The molecule has 1 aliphatic rings. The van der Waals surface area contributed by atoms with Gasteiger partial charge in [-0.05, 0) is 30.7 Å². The molecule has 1 aromatic heterocycles. The van der Waals surface area contributed by atoms with Gasteiger partial charge >= 0.3 is 0 Å². The molecule has 136 valence electrons. The summed E-state index contributed by atoms with van der Waals surface area (Å²) in [6.45, 7) is 1.91. The number of rotatable bonds is 4. The van der Waals surface area contributed by atoms with Gasteiger partial charge in [-0.3, -0.25) is 14.7 Å². The molecule has 0 saturated carbocycles. The molecule has 2 amide bonds. The number of carbonyl (C=O) groups excluding carboxylic acids is 2. The van der Waals surface area contributed by atoms with E-state index < -0.39 is 6.04 Å². The molecule has 1 atom stereocenters. The Morgan fingerprint density at radius 3 is 2.85 bits per heavy atom. The van der Waals surface area contributed by atoms with Crippen molar-refractivity contribution in [2.24, 2.45) is 0 Å². The minimum Gasteiger partial charge on any atom is -0.497 e. The van der Waals surface area contributed by atoms with Crippen molar-refractivity contribution in [2.75, 3.05) is 12.4 Å². The third kappa shape index (κ3) is 2.93. The largest absolute Gasteiger partial charge is 0.497 e. The van der Waals surface area contributed by atoms with Gasteiger partial charge in [-0.1, -0.05) is 24.3 Å². The number of ether oxygens (including phenoxy) is 1. The SMILES string of the molecule is COc1cccc(-c2[nH]ncc2C(=O)NC2C(=O)Nc3cccc(C)c32)c1. The lowest BCUT2D eigenvalue weighted by molar-refractivity contribution is -0.117. The fourth-order valence-electron chi connectivity index (χ4n) is 3.31. The van der Waals surface area contributed by atoms with Gasteiger partial charge < -0.3 is 15.4 Å². The maximum absolute atomic E-state index is 12.9. The Morgan fingerprint density at radius 1 is 1.22 bits per heavy atom. The molecule has 0 fully saturated rings. The monoisotopic (exact) mass is 362 g/mol. The zero-order valence-corrected chi connectivity index (χ0v) is 14.9. The van der Waals surface area contributed by atoms with Crippen LogP contribution in [0.5, 0.6) is 5.75 Å². The standard InChI is InChI=1S/C20H18N4O3/c1-11-5-3-8-15-16(11)18(20(26)22-15)23-19(25)14-10-21-24-17(14)12-6-4-7-13(9-12)27-2/h3-10,18H,1-2H3,(H,21,24)(H,22,26)(H,23,25). The van der Waals surface area contributed by atoms with Crippen LogP contribution in [0.1, 0.15) is 27.5 Å². The minimum absolute atomic E-state index is 0.251. The predicted molar refractivity (Wildman–Crippen MR) is 101 cm³/mol. The Labute approximate surface area is 155 Å². The van der Waals surface area contributed by atoms with Crippen LogP contribution in [0.15, 0.2) is 48.7 Å². The lowest BCUT2D eigenvalue weighted by Gasteiger charge is -2.13. The van der Waals surface area contributed by atoms with E-state index in [-0.39, 0.29) is 11.8 Å². The van der Waals surface area contributed by atoms with Crippen LogP contribution in [0.4, 0.5) is 5.69 Å². The maximum Gasteiger partial charge on any atom is 0.256 e. The number of hydrogen-bond acceptors (Lipinski definition) is 4. The average Bonchev–Trinajstić information content (AvgIpc) is 3.28. The summed E-state index contributed by atoms with van der Waals surface area (Å²) in [4.78, 5) is 25.3. The van der Waals surface area contributed by atoms with Crippen LogP contribution in [0.25, 0.3) is 11.3 Å².